The number of hydrogen-bond donors (Lipinski definition) is 1. The first kappa shape index (κ1) is 19.7. The molecule has 0 atom stereocenters. The molecule has 1 aliphatic heterocycles. The maximum Gasteiger partial charge on any atom is 0.253 e. The first-order chi connectivity index (χ1) is 12.0. The van der Waals surface area contributed by atoms with E-state index in [0.29, 0.717) is 24.3 Å². The van der Waals surface area contributed by atoms with Crippen LogP contribution in [0.25, 0.3) is 0 Å². The Kier molecular flexibility index (Phi) is 7.71. The minimum Gasteiger partial charge on any atom is -0.358 e. The Labute approximate surface area is 159 Å². The molecule has 0 bridgehead atoms. The molecule has 5 nitrogen and oxygen atoms in total. The fourth-order valence-corrected chi connectivity index (χ4v) is 3.79. The van der Waals surface area contributed by atoms with E-state index in [9.17, 15) is 9.59 Å². The van der Waals surface area contributed by atoms with Crippen molar-refractivity contribution in [3.05, 3.63) is 29.8 Å². The summed E-state index contributed by atoms with van der Waals surface area (Å²) in [6, 6.07) is 7.07. The van der Waals surface area contributed by atoms with Crippen LogP contribution in [0.4, 0.5) is 5.69 Å². The van der Waals surface area contributed by atoms with E-state index in [1.54, 1.807) is 29.2 Å². The topological polar surface area (TPSA) is 52.7 Å². The Hall–Kier alpha value is -1.60. The van der Waals surface area contributed by atoms with Gasteiger partial charge in [0.1, 0.15) is 4.32 Å². The molecule has 0 aliphatic carbocycles. The molecular formula is C18H25N3O2S2. The molecule has 0 unspecified atom stereocenters. The Morgan fingerprint density at radius 1 is 1.24 bits per heavy atom. The lowest BCUT2D eigenvalue weighted by molar-refractivity contribution is -0.113. The molecule has 1 aromatic carbocycles. The number of hydrogen-bond acceptors (Lipinski definition) is 4. The second kappa shape index (κ2) is 9.77. The minimum absolute atomic E-state index is 0.0225. The zero-order valence-electron chi connectivity index (χ0n) is 14.8. The molecule has 1 heterocycles. The van der Waals surface area contributed by atoms with Crippen molar-refractivity contribution in [3.8, 4) is 0 Å². The van der Waals surface area contributed by atoms with E-state index in [4.69, 9.17) is 12.2 Å². The van der Waals surface area contributed by atoms with Crippen LogP contribution in [0, 0.1) is 0 Å². The third-order valence-corrected chi connectivity index (χ3v) is 5.66. The molecule has 2 rings (SSSR count). The van der Waals surface area contributed by atoms with E-state index in [1.807, 2.05) is 13.8 Å². The van der Waals surface area contributed by atoms with Gasteiger partial charge in [0.2, 0.25) is 5.91 Å². The van der Waals surface area contributed by atoms with Crippen LogP contribution in [-0.2, 0) is 4.79 Å². The van der Waals surface area contributed by atoms with Gasteiger partial charge < -0.3 is 15.1 Å². The smallest absolute Gasteiger partial charge is 0.253 e. The lowest BCUT2D eigenvalue weighted by Gasteiger charge is -2.19. The first-order valence-corrected chi connectivity index (χ1v) is 10.1. The summed E-state index contributed by atoms with van der Waals surface area (Å²) >= 11 is 6.76. The van der Waals surface area contributed by atoms with Gasteiger partial charge in [0.15, 0.2) is 0 Å². The van der Waals surface area contributed by atoms with Gasteiger partial charge in [0.25, 0.3) is 5.91 Å². The van der Waals surface area contributed by atoms with Gasteiger partial charge in [-0.15, -0.1) is 0 Å². The van der Waals surface area contributed by atoms with E-state index in [1.165, 1.54) is 24.6 Å². The van der Waals surface area contributed by atoms with Crippen LogP contribution in [0.2, 0.25) is 0 Å². The highest BCUT2D eigenvalue weighted by atomic mass is 32.2. The van der Waals surface area contributed by atoms with Gasteiger partial charge in [-0.05, 0) is 44.9 Å². The van der Waals surface area contributed by atoms with E-state index >= 15 is 0 Å². The van der Waals surface area contributed by atoms with Crippen LogP contribution in [-0.4, -0.2) is 57.9 Å². The average Bonchev–Trinajstić information content (AvgIpc) is 3.15. The van der Waals surface area contributed by atoms with Gasteiger partial charge in [-0.3, -0.25) is 9.59 Å². The summed E-state index contributed by atoms with van der Waals surface area (Å²) in [5.74, 6) is 0.147. The fraction of sp³-hybridized carbons (Fsp3) is 0.500. The predicted molar refractivity (Wildman–Crippen MR) is 108 cm³/mol. The summed E-state index contributed by atoms with van der Waals surface area (Å²) in [6.07, 6.45) is 2.33. The quantitative estimate of drug-likeness (QED) is 0.769. The number of nitrogens with one attached hydrogen (secondary N) is 1. The van der Waals surface area contributed by atoms with Gasteiger partial charge in [0.05, 0.1) is 5.75 Å². The van der Waals surface area contributed by atoms with Gasteiger partial charge >= 0.3 is 0 Å². The number of carbonyl (C=O) groups excluding carboxylic acids is 2. The number of amides is 2. The standard InChI is InChI=1S/C18H25N3O2S2/c1-3-20(4-2)17(23)14-8-7-9-15(12-14)19-16(22)13-25-18(24)21-10-5-6-11-21/h7-9,12H,3-6,10-11,13H2,1-2H3,(H,19,22). The maximum atomic E-state index is 12.4. The lowest BCUT2D eigenvalue weighted by Crippen LogP contribution is -2.30. The number of thiocarbonyl (C=S) groups is 1. The van der Waals surface area contributed by atoms with E-state index in [0.717, 1.165) is 17.4 Å². The normalized spacial score (nSPS) is 13.6. The van der Waals surface area contributed by atoms with Crippen molar-refractivity contribution < 1.29 is 9.59 Å². The van der Waals surface area contributed by atoms with Crippen LogP contribution >= 0.6 is 24.0 Å². The number of benzene rings is 1. The van der Waals surface area contributed by atoms with Crippen molar-refractivity contribution in [2.75, 3.05) is 37.2 Å². The molecule has 7 heteroatoms. The van der Waals surface area contributed by atoms with Crippen molar-refractivity contribution in [1.82, 2.24) is 9.80 Å². The number of rotatable bonds is 6. The average molecular weight is 380 g/mol. The van der Waals surface area contributed by atoms with Gasteiger partial charge in [-0.25, -0.2) is 0 Å². The monoisotopic (exact) mass is 379 g/mol. The number of likely N-dealkylation sites (tertiary alicyclic amines) is 1. The van der Waals surface area contributed by atoms with Crippen LogP contribution in [0.5, 0.6) is 0 Å². The molecule has 25 heavy (non-hydrogen) atoms. The van der Waals surface area contributed by atoms with Crippen LogP contribution < -0.4 is 5.32 Å². The first-order valence-electron chi connectivity index (χ1n) is 8.66. The summed E-state index contributed by atoms with van der Waals surface area (Å²) in [7, 11) is 0. The fourth-order valence-electron chi connectivity index (χ4n) is 2.74. The minimum atomic E-state index is -0.112. The molecule has 1 aromatic rings. The third-order valence-electron chi connectivity index (χ3n) is 4.13. The molecule has 0 aromatic heterocycles. The van der Waals surface area contributed by atoms with Crippen molar-refractivity contribution in [2.24, 2.45) is 0 Å². The molecule has 0 radical (unpaired) electrons. The van der Waals surface area contributed by atoms with Crippen molar-refractivity contribution in [1.29, 1.82) is 0 Å². The van der Waals surface area contributed by atoms with Crippen LogP contribution in [0.1, 0.15) is 37.0 Å². The van der Waals surface area contributed by atoms with Gasteiger partial charge in [0, 0.05) is 37.4 Å². The third kappa shape index (κ3) is 5.71. The van der Waals surface area contributed by atoms with Crippen molar-refractivity contribution >= 4 is 45.8 Å². The highest BCUT2D eigenvalue weighted by molar-refractivity contribution is 8.23. The number of thioether (sulfide) groups is 1. The number of anilines is 1. The zero-order valence-corrected chi connectivity index (χ0v) is 16.4. The summed E-state index contributed by atoms with van der Waals surface area (Å²) in [5, 5.41) is 2.85. The summed E-state index contributed by atoms with van der Waals surface area (Å²) < 4.78 is 0.790. The van der Waals surface area contributed by atoms with Crippen LogP contribution in [0.3, 0.4) is 0 Å². The molecule has 1 fully saturated rings. The molecule has 0 spiro atoms. The predicted octanol–water partition coefficient (Wildman–Crippen LogP) is 3.22. The summed E-state index contributed by atoms with van der Waals surface area (Å²) in [6.45, 7) is 7.21. The summed E-state index contributed by atoms with van der Waals surface area (Å²) in [5.41, 5.74) is 1.22. The van der Waals surface area contributed by atoms with E-state index in [-0.39, 0.29) is 17.6 Å². The van der Waals surface area contributed by atoms with E-state index < -0.39 is 0 Å². The molecule has 0 saturated carbocycles. The molecule has 1 saturated heterocycles. The Morgan fingerprint density at radius 3 is 2.56 bits per heavy atom. The zero-order chi connectivity index (χ0) is 18.2. The highest BCUT2D eigenvalue weighted by Crippen LogP contribution is 2.17. The van der Waals surface area contributed by atoms with Crippen molar-refractivity contribution in [3.63, 3.8) is 0 Å². The molecule has 1 aliphatic rings. The van der Waals surface area contributed by atoms with Gasteiger partial charge in [-0.2, -0.15) is 0 Å². The lowest BCUT2D eigenvalue weighted by atomic mass is 10.1. The Morgan fingerprint density at radius 2 is 1.92 bits per heavy atom. The Balaban J connectivity index is 1.89. The number of nitrogens with zero attached hydrogens (tertiary/aromatic N) is 2. The second-order valence-electron chi connectivity index (χ2n) is 5.86. The molecule has 136 valence electrons. The largest absolute Gasteiger partial charge is 0.358 e. The SMILES string of the molecule is CCN(CC)C(=O)c1cccc(NC(=O)CSC(=S)N2CCCC2)c1. The highest BCUT2D eigenvalue weighted by Gasteiger charge is 2.17. The number of carbonyl (C=O) groups is 2. The summed E-state index contributed by atoms with van der Waals surface area (Å²) in [4.78, 5) is 28.5. The van der Waals surface area contributed by atoms with Gasteiger partial charge in [-0.1, -0.05) is 30.0 Å². The molecule has 2 amide bonds. The van der Waals surface area contributed by atoms with E-state index in [2.05, 4.69) is 10.2 Å². The van der Waals surface area contributed by atoms with Crippen LogP contribution in [0.15, 0.2) is 24.3 Å². The Bertz CT molecular complexity index is 627. The molecule has 1 N–H and O–H groups in total. The van der Waals surface area contributed by atoms with Crippen molar-refractivity contribution in [2.45, 2.75) is 26.7 Å². The molecular weight excluding hydrogens is 354 g/mol. The maximum absolute atomic E-state index is 12.4. The second-order valence-corrected chi connectivity index (χ2v) is 7.46.